The van der Waals surface area contributed by atoms with Crippen molar-refractivity contribution in [3.8, 4) is 0 Å². The van der Waals surface area contributed by atoms with E-state index in [9.17, 15) is 4.79 Å². The summed E-state index contributed by atoms with van der Waals surface area (Å²) in [6, 6.07) is 0. The van der Waals surface area contributed by atoms with Crippen molar-refractivity contribution in [1.82, 2.24) is 0 Å². The summed E-state index contributed by atoms with van der Waals surface area (Å²) in [5.74, 6) is 0.501. The van der Waals surface area contributed by atoms with Crippen molar-refractivity contribution in [2.45, 2.75) is 79.1 Å². The number of ether oxygens (including phenoxy) is 1. The van der Waals surface area contributed by atoms with Gasteiger partial charge in [0.25, 0.3) is 0 Å². The largest absolute Gasteiger partial charge is 0.466 e. The van der Waals surface area contributed by atoms with Gasteiger partial charge in [0.05, 0.1) is 6.61 Å². The maximum absolute atomic E-state index is 10.7. The molecule has 0 aliphatic rings. The lowest BCUT2D eigenvalue weighted by Gasteiger charge is -2.08. The predicted octanol–water partition coefficient (Wildman–Crippen LogP) is 4.32. The Morgan fingerprint density at radius 1 is 1.05 bits per heavy atom. The molecule has 0 fully saturated rings. The second-order valence-electron chi connectivity index (χ2n) is 4.86. The summed E-state index contributed by atoms with van der Waals surface area (Å²) < 4.78 is 4.75. The molecule has 3 nitrogen and oxygen atoms in total. The molecule has 1 atom stereocenters. The summed E-state index contributed by atoms with van der Waals surface area (Å²) in [6.07, 6.45) is 8.66. The molecule has 0 spiro atoms. The van der Waals surface area contributed by atoms with Gasteiger partial charge in [-0.25, -0.2) is 0 Å². The smallest absolute Gasteiger partial charge is 0.305 e. The van der Waals surface area contributed by atoms with Crippen LogP contribution < -0.4 is 0 Å². The van der Waals surface area contributed by atoms with E-state index in [1.54, 1.807) is 0 Å². The minimum Gasteiger partial charge on any atom is -0.466 e. The van der Waals surface area contributed by atoms with Gasteiger partial charge in [-0.2, -0.15) is 0 Å². The van der Waals surface area contributed by atoms with Crippen LogP contribution in [0, 0.1) is 5.92 Å². The zero-order valence-corrected chi connectivity index (χ0v) is 13.4. The highest BCUT2D eigenvalue weighted by atomic mass is 16.5. The van der Waals surface area contributed by atoms with Crippen LogP contribution in [0.5, 0.6) is 0 Å². The fourth-order valence-electron chi connectivity index (χ4n) is 1.67. The summed E-state index contributed by atoms with van der Waals surface area (Å²) in [5, 5.41) is 8.75. The molecule has 3 heteroatoms. The molecule has 0 aliphatic heterocycles. The van der Waals surface area contributed by atoms with Crippen molar-refractivity contribution >= 4 is 5.97 Å². The molecule has 116 valence electrons. The molecule has 0 heterocycles. The Labute approximate surface area is 119 Å². The Kier molecular flexibility index (Phi) is 19.0. The number of carbonyl (C=O) groups excluding carboxylic acids is 1. The van der Waals surface area contributed by atoms with Crippen molar-refractivity contribution in [1.29, 1.82) is 0 Å². The first-order chi connectivity index (χ1) is 9.15. The second-order valence-corrected chi connectivity index (χ2v) is 4.86. The van der Waals surface area contributed by atoms with E-state index in [1.165, 1.54) is 19.3 Å². The fourth-order valence-corrected chi connectivity index (χ4v) is 1.67. The summed E-state index contributed by atoms with van der Waals surface area (Å²) in [4.78, 5) is 10.7. The first kappa shape index (κ1) is 20.7. The Balaban J connectivity index is 0. The van der Waals surface area contributed by atoms with Crippen molar-refractivity contribution < 1.29 is 14.6 Å². The number of rotatable bonds is 10. The number of esters is 1. The molecule has 19 heavy (non-hydrogen) atoms. The van der Waals surface area contributed by atoms with Crippen LogP contribution in [-0.4, -0.2) is 24.3 Å². The van der Waals surface area contributed by atoms with E-state index in [1.807, 2.05) is 6.92 Å². The third-order valence-electron chi connectivity index (χ3n) is 3.09. The molecular weight excluding hydrogens is 240 g/mol. The number of carbonyl (C=O) groups is 1. The third-order valence-corrected chi connectivity index (χ3v) is 3.09. The summed E-state index contributed by atoms with van der Waals surface area (Å²) >= 11 is 0. The Morgan fingerprint density at radius 3 is 2.11 bits per heavy atom. The lowest BCUT2D eigenvalue weighted by molar-refractivity contribution is -0.143. The van der Waals surface area contributed by atoms with Crippen LogP contribution in [0.1, 0.15) is 79.1 Å². The van der Waals surface area contributed by atoms with Crippen LogP contribution in [0.2, 0.25) is 0 Å². The number of unbranched alkanes of at least 4 members (excludes halogenated alkanes) is 3. The van der Waals surface area contributed by atoms with Crippen LogP contribution in [-0.2, 0) is 9.53 Å². The standard InChI is InChI=1S/C8H16O2.C8H18O/c1-3-5-6-7-8(9)10-4-2;1-3-5-6-8(4-2)7-9/h3-7H2,1-2H3;8-9H,3-7H2,1-2H3. The zero-order chi connectivity index (χ0) is 14.9. The fraction of sp³-hybridized carbons (Fsp3) is 0.938. The van der Waals surface area contributed by atoms with Gasteiger partial charge in [0.1, 0.15) is 0 Å². The van der Waals surface area contributed by atoms with E-state index in [0.29, 0.717) is 25.6 Å². The van der Waals surface area contributed by atoms with Crippen molar-refractivity contribution in [3.05, 3.63) is 0 Å². The van der Waals surface area contributed by atoms with E-state index in [2.05, 4.69) is 20.8 Å². The van der Waals surface area contributed by atoms with Gasteiger partial charge in [-0.15, -0.1) is 0 Å². The third kappa shape index (κ3) is 17.4. The van der Waals surface area contributed by atoms with Gasteiger partial charge >= 0.3 is 5.97 Å². The molecule has 0 aromatic rings. The average molecular weight is 274 g/mol. The number of aliphatic hydroxyl groups excluding tert-OH is 1. The molecule has 1 N–H and O–H groups in total. The average Bonchev–Trinajstić information content (AvgIpc) is 2.41. The van der Waals surface area contributed by atoms with Crippen molar-refractivity contribution in [2.75, 3.05) is 13.2 Å². The topological polar surface area (TPSA) is 46.5 Å². The number of hydrogen-bond acceptors (Lipinski definition) is 3. The molecule has 0 aliphatic carbocycles. The Hall–Kier alpha value is -0.570. The van der Waals surface area contributed by atoms with Crippen LogP contribution in [0.3, 0.4) is 0 Å². The van der Waals surface area contributed by atoms with E-state index in [0.717, 1.165) is 25.7 Å². The maximum Gasteiger partial charge on any atom is 0.305 e. The van der Waals surface area contributed by atoms with Crippen molar-refractivity contribution in [3.63, 3.8) is 0 Å². The molecule has 0 saturated heterocycles. The molecular formula is C16H34O3. The molecule has 1 unspecified atom stereocenters. The molecule has 0 amide bonds. The number of aliphatic hydroxyl groups is 1. The zero-order valence-electron chi connectivity index (χ0n) is 13.4. The molecule has 0 saturated carbocycles. The molecule has 0 radical (unpaired) electrons. The van der Waals surface area contributed by atoms with E-state index in [4.69, 9.17) is 9.84 Å². The maximum atomic E-state index is 10.7. The Bertz CT molecular complexity index is 177. The van der Waals surface area contributed by atoms with Crippen molar-refractivity contribution in [2.24, 2.45) is 5.92 Å². The monoisotopic (exact) mass is 274 g/mol. The van der Waals surface area contributed by atoms with E-state index >= 15 is 0 Å². The van der Waals surface area contributed by atoms with Gasteiger partial charge in [-0.1, -0.05) is 52.9 Å². The van der Waals surface area contributed by atoms with E-state index < -0.39 is 0 Å². The molecule has 0 bridgehead atoms. The van der Waals surface area contributed by atoms with Gasteiger partial charge in [-0.05, 0) is 25.7 Å². The minimum absolute atomic E-state index is 0.0593. The highest BCUT2D eigenvalue weighted by Gasteiger charge is 2.01. The van der Waals surface area contributed by atoms with Crippen LogP contribution in [0.15, 0.2) is 0 Å². The molecule has 0 rings (SSSR count). The Morgan fingerprint density at radius 2 is 1.68 bits per heavy atom. The second kappa shape index (κ2) is 17.4. The van der Waals surface area contributed by atoms with Crippen LogP contribution in [0.25, 0.3) is 0 Å². The van der Waals surface area contributed by atoms with Crippen LogP contribution >= 0.6 is 0 Å². The van der Waals surface area contributed by atoms with Gasteiger partial charge in [0.15, 0.2) is 0 Å². The lowest BCUT2D eigenvalue weighted by atomic mass is 10.0. The first-order valence-corrected chi connectivity index (χ1v) is 7.92. The quantitative estimate of drug-likeness (QED) is 0.476. The first-order valence-electron chi connectivity index (χ1n) is 7.92. The van der Waals surface area contributed by atoms with Gasteiger partial charge in [-0.3, -0.25) is 4.79 Å². The minimum atomic E-state index is -0.0593. The summed E-state index contributed by atoms with van der Waals surface area (Å²) in [7, 11) is 0. The highest BCUT2D eigenvalue weighted by Crippen LogP contribution is 2.10. The highest BCUT2D eigenvalue weighted by molar-refractivity contribution is 5.69. The van der Waals surface area contributed by atoms with Gasteiger partial charge < -0.3 is 9.84 Å². The molecule has 0 aromatic heterocycles. The SMILES string of the molecule is CCCCC(CC)CO.CCCCCC(=O)OCC. The normalized spacial score (nSPS) is 11.4. The number of hydrogen-bond donors (Lipinski definition) is 1. The van der Waals surface area contributed by atoms with Crippen LogP contribution in [0.4, 0.5) is 0 Å². The molecule has 0 aromatic carbocycles. The van der Waals surface area contributed by atoms with E-state index in [-0.39, 0.29) is 5.97 Å². The predicted molar refractivity (Wildman–Crippen MR) is 81.2 cm³/mol. The summed E-state index contributed by atoms with van der Waals surface area (Å²) in [6.45, 7) is 9.14. The van der Waals surface area contributed by atoms with Gasteiger partial charge in [0, 0.05) is 13.0 Å². The summed E-state index contributed by atoms with van der Waals surface area (Å²) in [5.41, 5.74) is 0. The lowest BCUT2D eigenvalue weighted by Crippen LogP contribution is -2.03. The van der Waals surface area contributed by atoms with Gasteiger partial charge in [0.2, 0.25) is 0 Å².